The van der Waals surface area contributed by atoms with Crippen LogP contribution in [0.1, 0.15) is 6.42 Å². The van der Waals surface area contributed by atoms with Gasteiger partial charge in [0.05, 0.1) is 16.4 Å². The number of benzene rings is 1. The fourth-order valence-electron chi connectivity index (χ4n) is 1.77. The summed E-state index contributed by atoms with van der Waals surface area (Å²) >= 11 is 0. The second-order valence-electron chi connectivity index (χ2n) is 4.01. The summed E-state index contributed by atoms with van der Waals surface area (Å²) in [6, 6.07) is 2.84. The highest BCUT2D eigenvalue weighted by Gasteiger charge is 2.31. The molecule has 2 rings (SSSR count). The molecule has 1 aromatic carbocycles. The summed E-state index contributed by atoms with van der Waals surface area (Å²) in [5.74, 6) is -1.11. The lowest BCUT2D eigenvalue weighted by atomic mass is 10.2. The number of hydrogen-bond donors (Lipinski definition) is 0. The summed E-state index contributed by atoms with van der Waals surface area (Å²) in [5.41, 5.74) is -0.374. The predicted molar refractivity (Wildman–Crippen MR) is 60.7 cm³/mol. The summed E-state index contributed by atoms with van der Waals surface area (Å²) < 4.78 is 40.7. The quantitative estimate of drug-likeness (QED) is 0.613. The monoisotopic (exact) mass is 275 g/mol. The van der Waals surface area contributed by atoms with Gasteiger partial charge in [-0.1, -0.05) is 0 Å². The fourth-order valence-corrected chi connectivity index (χ4v) is 3.36. The molecule has 0 saturated carbocycles. The van der Waals surface area contributed by atoms with E-state index in [1.165, 1.54) is 0 Å². The van der Waals surface area contributed by atoms with E-state index in [-0.39, 0.29) is 29.4 Å². The molecule has 0 amide bonds. The number of hydrogen-bond acceptors (Lipinski definition) is 5. The third-order valence-corrected chi connectivity index (χ3v) is 4.34. The van der Waals surface area contributed by atoms with E-state index in [0.717, 1.165) is 18.2 Å². The zero-order valence-electron chi connectivity index (χ0n) is 9.21. The van der Waals surface area contributed by atoms with Crippen molar-refractivity contribution in [3.8, 4) is 5.75 Å². The molecule has 98 valence electrons. The maximum absolute atomic E-state index is 13.0. The van der Waals surface area contributed by atoms with Crippen molar-refractivity contribution < 1.29 is 22.5 Å². The Kier molecular flexibility index (Phi) is 3.20. The van der Waals surface area contributed by atoms with Gasteiger partial charge in [-0.15, -0.1) is 0 Å². The summed E-state index contributed by atoms with van der Waals surface area (Å²) in [6.07, 6.45) is -0.397. The second-order valence-corrected chi connectivity index (χ2v) is 6.24. The zero-order chi connectivity index (χ0) is 13.3. The van der Waals surface area contributed by atoms with Gasteiger partial charge in [0.25, 0.3) is 0 Å². The molecule has 0 spiro atoms. The third kappa shape index (κ3) is 2.76. The van der Waals surface area contributed by atoms with Crippen LogP contribution in [0.25, 0.3) is 0 Å². The molecule has 8 heteroatoms. The van der Waals surface area contributed by atoms with Crippen LogP contribution in [0.4, 0.5) is 10.1 Å². The van der Waals surface area contributed by atoms with Crippen LogP contribution in [0.15, 0.2) is 18.2 Å². The van der Waals surface area contributed by atoms with Crippen molar-refractivity contribution in [3.63, 3.8) is 0 Å². The first kappa shape index (κ1) is 12.7. The third-order valence-electron chi connectivity index (χ3n) is 2.60. The molecule has 1 fully saturated rings. The van der Waals surface area contributed by atoms with Crippen molar-refractivity contribution >= 4 is 15.5 Å². The van der Waals surface area contributed by atoms with E-state index in [0.29, 0.717) is 0 Å². The molecule has 1 heterocycles. The Labute approximate surface area is 102 Å². The van der Waals surface area contributed by atoms with Crippen molar-refractivity contribution in [2.45, 2.75) is 12.5 Å². The Balaban J connectivity index is 2.23. The molecule has 0 aliphatic carbocycles. The van der Waals surface area contributed by atoms with Crippen molar-refractivity contribution in [3.05, 3.63) is 34.1 Å². The minimum Gasteiger partial charge on any atom is -0.482 e. The number of ether oxygens (including phenoxy) is 1. The van der Waals surface area contributed by atoms with Gasteiger partial charge in [0.15, 0.2) is 15.6 Å². The molecule has 1 aromatic rings. The van der Waals surface area contributed by atoms with Crippen molar-refractivity contribution in [2.24, 2.45) is 0 Å². The zero-order valence-corrected chi connectivity index (χ0v) is 10.0. The topological polar surface area (TPSA) is 86.5 Å². The lowest BCUT2D eigenvalue weighted by molar-refractivity contribution is -0.386. The number of nitrogens with zero attached hydrogens (tertiary/aromatic N) is 1. The van der Waals surface area contributed by atoms with E-state index in [2.05, 4.69) is 0 Å². The Morgan fingerprint density at radius 3 is 2.72 bits per heavy atom. The van der Waals surface area contributed by atoms with E-state index in [9.17, 15) is 22.9 Å². The van der Waals surface area contributed by atoms with Gasteiger partial charge in [-0.2, -0.15) is 0 Å². The average Bonchev–Trinajstić information content (AvgIpc) is 2.57. The maximum Gasteiger partial charge on any atom is 0.311 e. The first-order chi connectivity index (χ1) is 8.37. The lowest BCUT2D eigenvalue weighted by Gasteiger charge is -2.11. The lowest BCUT2D eigenvalue weighted by Crippen LogP contribution is -2.18. The van der Waals surface area contributed by atoms with Crippen LogP contribution in [0.2, 0.25) is 0 Å². The molecule has 18 heavy (non-hydrogen) atoms. The van der Waals surface area contributed by atoms with E-state index < -0.39 is 26.7 Å². The second kappa shape index (κ2) is 4.52. The number of sulfone groups is 1. The summed E-state index contributed by atoms with van der Waals surface area (Å²) in [5, 5.41) is 10.7. The van der Waals surface area contributed by atoms with Crippen LogP contribution < -0.4 is 4.74 Å². The molecule has 6 nitrogen and oxygen atoms in total. The normalized spacial score (nSPS) is 21.7. The average molecular weight is 275 g/mol. The molecular formula is C10H10FNO5S. The van der Waals surface area contributed by atoms with E-state index in [1.807, 2.05) is 0 Å². The fraction of sp³-hybridized carbons (Fsp3) is 0.400. The van der Waals surface area contributed by atoms with Gasteiger partial charge in [-0.25, -0.2) is 12.8 Å². The van der Waals surface area contributed by atoms with Crippen LogP contribution in [0.5, 0.6) is 5.75 Å². The molecule has 1 unspecified atom stereocenters. The molecule has 1 aliphatic rings. The molecule has 1 aliphatic heterocycles. The van der Waals surface area contributed by atoms with E-state index in [4.69, 9.17) is 4.74 Å². The molecule has 0 aromatic heterocycles. The minimum atomic E-state index is -3.15. The van der Waals surface area contributed by atoms with Crippen molar-refractivity contribution in [1.82, 2.24) is 0 Å². The summed E-state index contributed by atoms with van der Waals surface area (Å²) in [6.45, 7) is 0. The highest BCUT2D eigenvalue weighted by atomic mass is 32.2. The highest BCUT2D eigenvalue weighted by Crippen LogP contribution is 2.30. The molecule has 1 atom stereocenters. The molecule has 0 bridgehead atoms. The molecular weight excluding hydrogens is 265 g/mol. The number of halogens is 1. The Morgan fingerprint density at radius 1 is 1.44 bits per heavy atom. The minimum absolute atomic E-state index is 0.0131. The van der Waals surface area contributed by atoms with Gasteiger partial charge < -0.3 is 4.74 Å². The van der Waals surface area contributed by atoms with Gasteiger partial charge in [-0.05, 0) is 12.5 Å². The van der Waals surface area contributed by atoms with Gasteiger partial charge in [0, 0.05) is 12.1 Å². The van der Waals surface area contributed by atoms with Crippen LogP contribution in [0, 0.1) is 15.9 Å². The van der Waals surface area contributed by atoms with Crippen molar-refractivity contribution in [1.29, 1.82) is 0 Å². The number of nitro groups is 1. The Hall–Kier alpha value is -1.70. The molecule has 1 saturated heterocycles. The smallest absolute Gasteiger partial charge is 0.311 e. The molecule has 0 radical (unpaired) electrons. The Bertz CT molecular complexity index is 586. The van der Waals surface area contributed by atoms with E-state index in [1.54, 1.807) is 0 Å². The standard InChI is InChI=1S/C10H10FNO5S/c11-7-1-2-9(12(13)14)10(5-7)17-8-3-4-18(15,16)6-8/h1-2,5,8H,3-4,6H2. The number of nitro benzene ring substituents is 1. The van der Waals surface area contributed by atoms with Crippen molar-refractivity contribution in [2.75, 3.05) is 11.5 Å². The van der Waals surface area contributed by atoms with Crippen LogP contribution in [0.3, 0.4) is 0 Å². The Morgan fingerprint density at radius 2 is 2.17 bits per heavy atom. The first-order valence-electron chi connectivity index (χ1n) is 5.18. The molecule has 0 N–H and O–H groups in total. The highest BCUT2D eigenvalue weighted by molar-refractivity contribution is 7.91. The van der Waals surface area contributed by atoms with Gasteiger partial charge in [-0.3, -0.25) is 10.1 Å². The van der Waals surface area contributed by atoms with Gasteiger partial charge in [0.2, 0.25) is 0 Å². The summed E-state index contributed by atoms with van der Waals surface area (Å²) in [4.78, 5) is 10.0. The van der Waals surface area contributed by atoms with E-state index >= 15 is 0 Å². The predicted octanol–water partition coefficient (Wildman–Crippen LogP) is 1.30. The maximum atomic E-state index is 13.0. The SMILES string of the molecule is O=[N+]([O-])c1ccc(F)cc1OC1CCS(=O)(=O)C1. The van der Waals surface area contributed by atoms with Gasteiger partial charge in [0.1, 0.15) is 11.9 Å². The first-order valence-corrected chi connectivity index (χ1v) is 7.00. The van der Waals surface area contributed by atoms with Crippen LogP contribution in [-0.2, 0) is 9.84 Å². The van der Waals surface area contributed by atoms with Gasteiger partial charge >= 0.3 is 5.69 Å². The summed E-state index contributed by atoms with van der Waals surface area (Å²) in [7, 11) is -3.15. The van der Waals surface area contributed by atoms with Crippen LogP contribution >= 0.6 is 0 Å². The van der Waals surface area contributed by atoms with Crippen LogP contribution in [-0.4, -0.2) is 31.0 Å². The largest absolute Gasteiger partial charge is 0.482 e. The number of rotatable bonds is 3.